The van der Waals surface area contributed by atoms with Crippen molar-refractivity contribution in [1.82, 2.24) is 4.90 Å². The molecule has 1 fully saturated rings. The third-order valence-corrected chi connectivity index (χ3v) is 2.06. The van der Waals surface area contributed by atoms with Gasteiger partial charge >= 0.3 is 0 Å². The standard InChI is InChI=1S/C6H13NOS/c1-5(9)7-3-6(4-7)8-2/h5-6,9H,3-4H2,1-2H3. The van der Waals surface area contributed by atoms with Crippen molar-refractivity contribution in [3.05, 3.63) is 0 Å². The number of rotatable bonds is 2. The Morgan fingerprint density at radius 1 is 1.67 bits per heavy atom. The second-order valence-electron chi connectivity index (χ2n) is 2.44. The van der Waals surface area contributed by atoms with Crippen LogP contribution >= 0.6 is 12.6 Å². The van der Waals surface area contributed by atoms with Gasteiger partial charge in [0.15, 0.2) is 0 Å². The van der Waals surface area contributed by atoms with E-state index in [1.807, 2.05) is 0 Å². The number of likely N-dealkylation sites (tertiary alicyclic amines) is 1. The number of methoxy groups -OCH3 is 1. The van der Waals surface area contributed by atoms with E-state index < -0.39 is 0 Å². The molecule has 1 unspecified atom stereocenters. The maximum absolute atomic E-state index is 5.09. The van der Waals surface area contributed by atoms with Gasteiger partial charge in [-0.15, -0.1) is 0 Å². The Morgan fingerprint density at radius 3 is 2.56 bits per heavy atom. The molecular formula is C6H13NOS. The van der Waals surface area contributed by atoms with E-state index in [2.05, 4.69) is 24.5 Å². The molecule has 3 heteroatoms. The van der Waals surface area contributed by atoms with Gasteiger partial charge in [-0.05, 0) is 6.92 Å². The maximum atomic E-state index is 5.09. The summed E-state index contributed by atoms with van der Waals surface area (Å²) in [5.74, 6) is 0. The fourth-order valence-corrected chi connectivity index (χ4v) is 1.11. The van der Waals surface area contributed by atoms with Crippen LogP contribution in [0.3, 0.4) is 0 Å². The van der Waals surface area contributed by atoms with Crippen molar-refractivity contribution < 1.29 is 4.74 Å². The van der Waals surface area contributed by atoms with Gasteiger partial charge in [-0.25, -0.2) is 0 Å². The van der Waals surface area contributed by atoms with Crippen LogP contribution in [0.25, 0.3) is 0 Å². The largest absolute Gasteiger partial charge is 0.379 e. The van der Waals surface area contributed by atoms with E-state index >= 15 is 0 Å². The normalized spacial score (nSPS) is 25.7. The molecule has 0 saturated carbocycles. The van der Waals surface area contributed by atoms with E-state index in [9.17, 15) is 0 Å². The molecule has 0 aromatic rings. The summed E-state index contributed by atoms with van der Waals surface area (Å²) in [5.41, 5.74) is 0. The third kappa shape index (κ3) is 1.60. The van der Waals surface area contributed by atoms with Crippen LogP contribution in [0.2, 0.25) is 0 Å². The van der Waals surface area contributed by atoms with Crippen LogP contribution in [0.1, 0.15) is 6.92 Å². The number of ether oxygens (including phenoxy) is 1. The van der Waals surface area contributed by atoms with Crippen LogP contribution < -0.4 is 0 Å². The quantitative estimate of drug-likeness (QED) is 0.574. The average molecular weight is 147 g/mol. The average Bonchev–Trinajstić information content (AvgIpc) is 1.61. The number of hydrogen-bond acceptors (Lipinski definition) is 3. The monoisotopic (exact) mass is 147 g/mol. The summed E-state index contributed by atoms with van der Waals surface area (Å²) in [7, 11) is 1.76. The van der Waals surface area contributed by atoms with Crippen molar-refractivity contribution in [2.24, 2.45) is 0 Å². The molecule has 9 heavy (non-hydrogen) atoms. The van der Waals surface area contributed by atoms with Crippen LogP contribution in [0.5, 0.6) is 0 Å². The zero-order valence-corrected chi connectivity index (χ0v) is 6.77. The van der Waals surface area contributed by atoms with Gasteiger partial charge in [-0.3, -0.25) is 4.90 Å². The minimum atomic E-state index is 0.386. The zero-order valence-electron chi connectivity index (χ0n) is 5.87. The van der Waals surface area contributed by atoms with Crippen molar-refractivity contribution in [2.75, 3.05) is 20.2 Å². The van der Waals surface area contributed by atoms with Crippen molar-refractivity contribution in [2.45, 2.75) is 18.4 Å². The van der Waals surface area contributed by atoms with Crippen LogP contribution in [-0.4, -0.2) is 36.6 Å². The van der Waals surface area contributed by atoms with E-state index in [0.717, 1.165) is 13.1 Å². The maximum Gasteiger partial charge on any atom is 0.0825 e. The van der Waals surface area contributed by atoms with Gasteiger partial charge in [0.2, 0.25) is 0 Å². The first-order valence-electron chi connectivity index (χ1n) is 3.19. The molecule has 1 saturated heterocycles. The van der Waals surface area contributed by atoms with Gasteiger partial charge in [0, 0.05) is 20.2 Å². The van der Waals surface area contributed by atoms with Gasteiger partial charge in [-0.2, -0.15) is 12.6 Å². The summed E-state index contributed by atoms with van der Waals surface area (Å²) in [4.78, 5) is 2.26. The van der Waals surface area contributed by atoms with Gasteiger partial charge in [0.05, 0.1) is 11.5 Å². The van der Waals surface area contributed by atoms with Gasteiger partial charge in [0.25, 0.3) is 0 Å². The Balaban J connectivity index is 2.12. The topological polar surface area (TPSA) is 12.5 Å². The van der Waals surface area contributed by atoms with Gasteiger partial charge in [-0.1, -0.05) is 0 Å². The van der Waals surface area contributed by atoms with Crippen LogP contribution in [0.4, 0.5) is 0 Å². The SMILES string of the molecule is COC1CN(C(C)S)C1. The predicted molar refractivity (Wildman–Crippen MR) is 40.8 cm³/mol. The minimum absolute atomic E-state index is 0.386. The molecule has 54 valence electrons. The smallest absolute Gasteiger partial charge is 0.0825 e. The molecule has 1 aliphatic rings. The van der Waals surface area contributed by atoms with Crippen molar-refractivity contribution >= 4 is 12.6 Å². The predicted octanol–water partition coefficient (Wildman–Crippen LogP) is 0.593. The first-order chi connectivity index (χ1) is 4.24. The molecule has 0 aromatic carbocycles. The molecule has 1 atom stereocenters. The Kier molecular flexibility index (Phi) is 2.38. The molecule has 0 amide bonds. The lowest BCUT2D eigenvalue weighted by molar-refractivity contribution is -0.0319. The van der Waals surface area contributed by atoms with Crippen LogP contribution in [0, 0.1) is 0 Å². The Morgan fingerprint density at radius 2 is 2.22 bits per heavy atom. The molecule has 1 aliphatic heterocycles. The zero-order chi connectivity index (χ0) is 6.85. The van der Waals surface area contributed by atoms with Gasteiger partial charge in [0.1, 0.15) is 0 Å². The molecule has 0 N–H and O–H groups in total. The van der Waals surface area contributed by atoms with Crippen LogP contribution in [-0.2, 0) is 4.74 Å². The van der Waals surface area contributed by atoms with E-state index in [-0.39, 0.29) is 0 Å². The van der Waals surface area contributed by atoms with Crippen molar-refractivity contribution in [3.8, 4) is 0 Å². The van der Waals surface area contributed by atoms with Crippen molar-refractivity contribution in [3.63, 3.8) is 0 Å². The number of thiol groups is 1. The first kappa shape index (κ1) is 7.38. The summed E-state index contributed by atoms with van der Waals surface area (Å²) in [6.07, 6.45) is 0.458. The molecule has 2 nitrogen and oxygen atoms in total. The molecule has 1 heterocycles. The Bertz CT molecular complexity index is 91.1. The minimum Gasteiger partial charge on any atom is -0.379 e. The highest BCUT2D eigenvalue weighted by Crippen LogP contribution is 2.15. The third-order valence-electron chi connectivity index (χ3n) is 1.74. The summed E-state index contributed by atoms with van der Waals surface area (Å²) in [6.45, 7) is 4.16. The first-order valence-corrected chi connectivity index (χ1v) is 3.70. The van der Waals surface area contributed by atoms with E-state index in [0.29, 0.717) is 11.5 Å². The summed E-state index contributed by atoms with van der Waals surface area (Å²) < 4.78 is 5.09. The second-order valence-corrected chi connectivity index (χ2v) is 3.19. The summed E-state index contributed by atoms with van der Waals surface area (Å²) in [6, 6.07) is 0. The van der Waals surface area contributed by atoms with Crippen molar-refractivity contribution in [1.29, 1.82) is 0 Å². The molecule has 0 aromatic heterocycles. The van der Waals surface area contributed by atoms with E-state index in [1.165, 1.54) is 0 Å². The Labute approximate surface area is 61.6 Å². The van der Waals surface area contributed by atoms with Gasteiger partial charge < -0.3 is 4.74 Å². The number of nitrogens with zero attached hydrogens (tertiary/aromatic N) is 1. The summed E-state index contributed by atoms with van der Waals surface area (Å²) in [5, 5.41) is 0.386. The summed E-state index contributed by atoms with van der Waals surface area (Å²) >= 11 is 4.27. The highest BCUT2D eigenvalue weighted by Gasteiger charge is 2.28. The van der Waals surface area contributed by atoms with Crippen LogP contribution in [0.15, 0.2) is 0 Å². The second kappa shape index (κ2) is 2.90. The van der Waals surface area contributed by atoms with E-state index in [1.54, 1.807) is 7.11 Å². The molecule has 0 radical (unpaired) electrons. The highest BCUT2D eigenvalue weighted by molar-refractivity contribution is 7.80. The molecular weight excluding hydrogens is 134 g/mol. The lowest BCUT2D eigenvalue weighted by Gasteiger charge is -2.40. The van der Waals surface area contributed by atoms with E-state index in [4.69, 9.17) is 4.74 Å². The number of hydrogen-bond donors (Lipinski definition) is 1. The molecule has 0 bridgehead atoms. The Hall–Kier alpha value is 0.270. The lowest BCUT2D eigenvalue weighted by Crippen LogP contribution is -2.53. The fraction of sp³-hybridized carbons (Fsp3) is 1.00. The molecule has 0 spiro atoms. The molecule has 0 aliphatic carbocycles. The fourth-order valence-electron chi connectivity index (χ4n) is 0.924. The highest BCUT2D eigenvalue weighted by atomic mass is 32.1. The molecule has 1 rings (SSSR count). The lowest BCUT2D eigenvalue weighted by atomic mass is 10.2.